The van der Waals surface area contributed by atoms with Crippen LogP contribution in [0.2, 0.25) is 0 Å². The summed E-state index contributed by atoms with van der Waals surface area (Å²) in [6.07, 6.45) is 6.89. The Balaban J connectivity index is 1.53. The topological polar surface area (TPSA) is 101 Å². The van der Waals surface area contributed by atoms with Crippen molar-refractivity contribution in [2.75, 3.05) is 20.7 Å². The lowest BCUT2D eigenvalue weighted by molar-refractivity contribution is -0.139. The SMILES string of the molecule is CN[C@@H](C)C(=O)N[C@H](C(=O)N1CCC[C@H]1c1nc(C(=O)c2cccc(OC)c2)cs1)C1CCCCC1. The van der Waals surface area contributed by atoms with E-state index < -0.39 is 6.04 Å². The summed E-state index contributed by atoms with van der Waals surface area (Å²) >= 11 is 1.42. The van der Waals surface area contributed by atoms with Gasteiger partial charge < -0.3 is 20.3 Å². The van der Waals surface area contributed by atoms with E-state index in [1.165, 1.54) is 17.8 Å². The summed E-state index contributed by atoms with van der Waals surface area (Å²) in [5.74, 6) is 0.407. The highest BCUT2D eigenvalue weighted by Gasteiger charge is 2.40. The Hall–Kier alpha value is -2.78. The maximum atomic E-state index is 13.9. The molecule has 2 N–H and O–H groups in total. The lowest BCUT2D eigenvalue weighted by Crippen LogP contribution is -2.55. The van der Waals surface area contributed by atoms with Gasteiger partial charge in [0.25, 0.3) is 0 Å². The molecule has 4 rings (SSSR count). The second kappa shape index (κ2) is 12.0. The van der Waals surface area contributed by atoms with E-state index in [-0.39, 0.29) is 35.6 Å². The molecule has 0 spiro atoms. The average Bonchev–Trinajstić information content (AvgIpc) is 3.61. The number of carbonyl (C=O) groups excluding carboxylic acids is 3. The molecule has 36 heavy (non-hydrogen) atoms. The van der Waals surface area contributed by atoms with Crippen LogP contribution >= 0.6 is 11.3 Å². The van der Waals surface area contributed by atoms with Crippen molar-refractivity contribution in [3.63, 3.8) is 0 Å². The first-order chi connectivity index (χ1) is 17.4. The van der Waals surface area contributed by atoms with Crippen LogP contribution < -0.4 is 15.4 Å². The number of likely N-dealkylation sites (N-methyl/N-ethyl adjacent to an activating group) is 1. The Kier molecular flexibility index (Phi) is 8.74. The van der Waals surface area contributed by atoms with Gasteiger partial charge in [-0.15, -0.1) is 11.3 Å². The van der Waals surface area contributed by atoms with Crippen molar-refractivity contribution < 1.29 is 19.1 Å². The monoisotopic (exact) mass is 512 g/mol. The molecule has 0 bridgehead atoms. The molecule has 1 aliphatic heterocycles. The van der Waals surface area contributed by atoms with Crippen LogP contribution in [0.5, 0.6) is 5.75 Å². The van der Waals surface area contributed by atoms with Crippen LogP contribution in [0.4, 0.5) is 0 Å². The van der Waals surface area contributed by atoms with Crippen LogP contribution in [0.3, 0.4) is 0 Å². The minimum atomic E-state index is -0.535. The van der Waals surface area contributed by atoms with Gasteiger partial charge in [-0.2, -0.15) is 0 Å². The van der Waals surface area contributed by atoms with E-state index in [2.05, 4.69) is 15.6 Å². The van der Waals surface area contributed by atoms with Gasteiger partial charge in [0.1, 0.15) is 22.5 Å². The van der Waals surface area contributed by atoms with Gasteiger partial charge in [-0.25, -0.2) is 4.98 Å². The van der Waals surface area contributed by atoms with Crippen LogP contribution in [-0.4, -0.2) is 60.3 Å². The minimum absolute atomic E-state index is 0.0306. The largest absolute Gasteiger partial charge is 0.497 e. The number of rotatable bonds is 9. The zero-order valence-corrected chi connectivity index (χ0v) is 22.1. The highest BCUT2D eigenvalue weighted by atomic mass is 32.1. The van der Waals surface area contributed by atoms with Crippen LogP contribution in [-0.2, 0) is 9.59 Å². The van der Waals surface area contributed by atoms with E-state index in [0.717, 1.165) is 43.5 Å². The predicted octanol–water partition coefficient (Wildman–Crippen LogP) is 3.72. The molecule has 1 saturated heterocycles. The van der Waals surface area contributed by atoms with E-state index in [4.69, 9.17) is 4.74 Å². The van der Waals surface area contributed by atoms with Crippen LogP contribution in [0.15, 0.2) is 29.6 Å². The maximum Gasteiger partial charge on any atom is 0.246 e. The second-order valence-electron chi connectivity index (χ2n) is 9.72. The summed E-state index contributed by atoms with van der Waals surface area (Å²) < 4.78 is 5.24. The fraction of sp³-hybridized carbons (Fsp3) is 0.556. The molecule has 1 saturated carbocycles. The molecule has 194 valence electrons. The van der Waals surface area contributed by atoms with E-state index in [1.54, 1.807) is 50.7 Å². The van der Waals surface area contributed by atoms with Crippen LogP contribution in [0.25, 0.3) is 0 Å². The van der Waals surface area contributed by atoms with Gasteiger partial charge in [0.2, 0.25) is 17.6 Å². The molecule has 1 aromatic heterocycles. The summed E-state index contributed by atoms with van der Waals surface area (Å²) in [5.41, 5.74) is 0.895. The Morgan fingerprint density at radius 2 is 1.92 bits per heavy atom. The molecule has 1 aromatic carbocycles. The highest BCUT2D eigenvalue weighted by Crippen LogP contribution is 2.36. The van der Waals surface area contributed by atoms with Gasteiger partial charge in [-0.05, 0) is 57.7 Å². The Morgan fingerprint density at radius 1 is 1.14 bits per heavy atom. The molecular weight excluding hydrogens is 476 g/mol. The number of nitrogens with zero attached hydrogens (tertiary/aromatic N) is 2. The molecule has 2 aromatic rings. The third kappa shape index (κ3) is 5.78. The highest BCUT2D eigenvalue weighted by molar-refractivity contribution is 7.10. The Bertz CT molecular complexity index is 1080. The normalized spacial score (nSPS) is 20.1. The van der Waals surface area contributed by atoms with Crippen molar-refractivity contribution in [1.29, 1.82) is 0 Å². The molecule has 2 amide bonds. The maximum absolute atomic E-state index is 13.9. The summed E-state index contributed by atoms with van der Waals surface area (Å²) in [4.78, 5) is 46.2. The lowest BCUT2D eigenvalue weighted by atomic mass is 9.83. The summed E-state index contributed by atoms with van der Waals surface area (Å²) in [7, 11) is 3.31. The van der Waals surface area contributed by atoms with Gasteiger partial charge in [0.15, 0.2) is 0 Å². The molecule has 2 aliphatic rings. The average molecular weight is 513 g/mol. The Labute approximate surface area is 216 Å². The van der Waals surface area contributed by atoms with Crippen molar-refractivity contribution in [2.45, 2.75) is 70.0 Å². The zero-order valence-electron chi connectivity index (χ0n) is 21.3. The zero-order chi connectivity index (χ0) is 25.7. The molecule has 8 nitrogen and oxygen atoms in total. The van der Waals surface area contributed by atoms with Crippen molar-refractivity contribution in [3.05, 3.63) is 45.9 Å². The number of hydrogen-bond donors (Lipinski definition) is 2. The molecular formula is C27H36N4O4S. The summed E-state index contributed by atoms with van der Waals surface area (Å²) in [5, 5.41) is 8.57. The van der Waals surface area contributed by atoms with Crippen LogP contribution in [0.1, 0.15) is 79.0 Å². The fourth-order valence-electron chi connectivity index (χ4n) is 5.18. The number of likely N-dealkylation sites (tertiary alicyclic amines) is 1. The first kappa shape index (κ1) is 26.3. The van der Waals surface area contributed by atoms with Crippen molar-refractivity contribution >= 4 is 28.9 Å². The number of aromatic nitrogens is 1. The number of nitrogens with one attached hydrogen (secondary N) is 2. The molecule has 9 heteroatoms. The number of ketones is 1. The third-order valence-electron chi connectivity index (χ3n) is 7.42. The first-order valence-electron chi connectivity index (χ1n) is 12.8. The van der Waals surface area contributed by atoms with E-state index in [0.29, 0.717) is 23.6 Å². The number of amides is 2. The fourth-order valence-corrected chi connectivity index (χ4v) is 6.13. The summed E-state index contributed by atoms with van der Waals surface area (Å²) in [6.45, 7) is 2.43. The number of methoxy groups -OCH3 is 1. The molecule has 0 unspecified atom stereocenters. The number of hydrogen-bond acceptors (Lipinski definition) is 7. The Morgan fingerprint density at radius 3 is 2.64 bits per heavy atom. The number of ether oxygens (including phenoxy) is 1. The van der Waals surface area contributed by atoms with Gasteiger partial charge in [0.05, 0.1) is 19.2 Å². The van der Waals surface area contributed by atoms with Gasteiger partial charge in [-0.1, -0.05) is 31.4 Å². The van der Waals surface area contributed by atoms with Crippen LogP contribution in [0, 0.1) is 5.92 Å². The van der Waals surface area contributed by atoms with E-state index in [1.807, 2.05) is 4.90 Å². The first-order valence-corrected chi connectivity index (χ1v) is 13.7. The van der Waals surface area contributed by atoms with Gasteiger partial charge >= 0.3 is 0 Å². The number of thiazole rings is 1. The van der Waals surface area contributed by atoms with Gasteiger partial charge in [0, 0.05) is 17.5 Å². The van der Waals surface area contributed by atoms with E-state index >= 15 is 0 Å². The number of carbonyl (C=O) groups is 3. The number of benzene rings is 1. The van der Waals surface area contributed by atoms with Crippen molar-refractivity contribution in [1.82, 2.24) is 20.5 Å². The molecule has 0 radical (unpaired) electrons. The smallest absolute Gasteiger partial charge is 0.246 e. The minimum Gasteiger partial charge on any atom is -0.497 e. The predicted molar refractivity (Wildman–Crippen MR) is 139 cm³/mol. The quantitative estimate of drug-likeness (QED) is 0.497. The van der Waals surface area contributed by atoms with Gasteiger partial charge in [-0.3, -0.25) is 14.4 Å². The second-order valence-corrected chi connectivity index (χ2v) is 10.6. The molecule has 3 atom stereocenters. The standard InChI is InChI=1S/C27H36N4O4S/c1-17(28-2)25(33)30-23(18-9-5-4-6-10-18)27(34)31-14-8-13-22(31)26-29-21(16-36-26)24(32)19-11-7-12-20(15-19)35-3/h7,11-12,15-18,22-23,28H,4-6,8-10,13-14H2,1-3H3,(H,30,33)/t17-,22-,23-/m0/s1. The van der Waals surface area contributed by atoms with Crippen molar-refractivity contribution in [2.24, 2.45) is 5.92 Å². The molecule has 2 fully saturated rings. The van der Waals surface area contributed by atoms with Crippen molar-refractivity contribution in [3.8, 4) is 5.75 Å². The lowest BCUT2D eigenvalue weighted by Gasteiger charge is -2.35. The van der Waals surface area contributed by atoms with E-state index in [9.17, 15) is 14.4 Å². The molecule has 2 heterocycles. The molecule has 1 aliphatic carbocycles. The summed E-state index contributed by atoms with van der Waals surface area (Å²) in [6, 6.07) is 5.94. The third-order valence-corrected chi connectivity index (χ3v) is 8.36.